The highest BCUT2D eigenvalue weighted by molar-refractivity contribution is 5.76. The molecule has 1 N–H and O–H groups in total. The molecule has 0 aliphatic carbocycles. The summed E-state index contributed by atoms with van der Waals surface area (Å²) in [6.45, 7) is -0.263. The van der Waals surface area contributed by atoms with E-state index in [9.17, 15) is 19.3 Å². The van der Waals surface area contributed by atoms with E-state index in [0.29, 0.717) is 0 Å². The number of nitro benzene ring substituents is 1. The average molecular weight is 228 g/mol. The molecule has 0 amide bonds. The van der Waals surface area contributed by atoms with E-state index in [2.05, 4.69) is 10.1 Å². The van der Waals surface area contributed by atoms with Crippen LogP contribution in [0.5, 0.6) is 0 Å². The van der Waals surface area contributed by atoms with E-state index < -0.39 is 16.7 Å². The third-order valence-corrected chi connectivity index (χ3v) is 1.81. The van der Waals surface area contributed by atoms with Gasteiger partial charge in [0.1, 0.15) is 18.0 Å². The number of carbonyl (C=O) groups is 1. The van der Waals surface area contributed by atoms with Crippen LogP contribution in [-0.4, -0.2) is 24.5 Å². The van der Waals surface area contributed by atoms with Gasteiger partial charge in [0.2, 0.25) is 0 Å². The molecule has 0 fully saturated rings. The number of esters is 1. The summed E-state index contributed by atoms with van der Waals surface area (Å²) in [5.41, 5.74) is -0.360. The van der Waals surface area contributed by atoms with Gasteiger partial charge in [-0.2, -0.15) is 0 Å². The van der Waals surface area contributed by atoms with Crippen LogP contribution in [-0.2, 0) is 9.53 Å². The molecular formula is C9H9FN2O4. The topological polar surface area (TPSA) is 81.5 Å². The predicted molar refractivity (Wildman–Crippen MR) is 53.6 cm³/mol. The second-order valence-electron chi connectivity index (χ2n) is 2.85. The van der Waals surface area contributed by atoms with Gasteiger partial charge in [0, 0.05) is 12.1 Å². The molecule has 0 unspecified atom stereocenters. The zero-order chi connectivity index (χ0) is 12.1. The fraction of sp³-hybridized carbons (Fsp3) is 0.222. The number of hydrogen-bond acceptors (Lipinski definition) is 5. The predicted octanol–water partition coefficient (Wildman–Crippen LogP) is 1.32. The maximum absolute atomic E-state index is 12.8. The zero-order valence-electron chi connectivity index (χ0n) is 8.40. The van der Waals surface area contributed by atoms with Crippen molar-refractivity contribution in [2.75, 3.05) is 19.0 Å². The van der Waals surface area contributed by atoms with Crippen molar-refractivity contribution in [1.82, 2.24) is 0 Å². The molecule has 0 atom stereocenters. The number of rotatable bonds is 4. The molecule has 0 spiro atoms. The van der Waals surface area contributed by atoms with Gasteiger partial charge in [0.15, 0.2) is 0 Å². The smallest absolute Gasteiger partial charge is 0.325 e. The van der Waals surface area contributed by atoms with Gasteiger partial charge in [0.05, 0.1) is 12.0 Å². The molecule has 0 saturated heterocycles. The summed E-state index contributed by atoms with van der Waals surface area (Å²) in [7, 11) is 1.18. The summed E-state index contributed by atoms with van der Waals surface area (Å²) < 4.78 is 17.2. The molecular weight excluding hydrogens is 219 g/mol. The van der Waals surface area contributed by atoms with Crippen LogP contribution in [0.4, 0.5) is 15.8 Å². The molecule has 0 radical (unpaired) electrons. The number of benzene rings is 1. The van der Waals surface area contributed by atoms with Crippen LogP contribution in [0.3, 0.4) is 0 Å². The van der Waals surface area contributed by atoms with Crippen molar-refractivity contribution < 1.29 is 18.8 Å². The summed E-state index contributed by atoms with van der Waals surface area (Å²) in [6, 6.07) is 2.94. The van der Waals surface area contributed by atoms with Crippen molar-refractivity contribution in [1.29, 1.82) is 0 Å². The van der Waals surface area contributed by atoms with Gasteiger partial charge >= 0.3 is 5.97 Å². The number of nitro groups is 1. The summed E-state index contributed by atoms with van der Waals surface area (Å²) in [6.07, 6.45) is 0. The number of nitrogens with zero attached hydrogens (tertiary/aromatic N) is 1. The number of anilines is 1. The Labute approximate surface area is 90.2 Å². The van der Waals surface area contributed by atoms with Crippen molar-refractivity contribution in [3.63, 3.8) is 0 Å². The first kappa shape index (κ1) is 11.9. The second-order valence-corrected chi connectivity index (χ2v) is 2.85. The van der Waals surface area contributed by atoms with Gasteiger partial charge in [-0.3, -0.25) is 14.9 Å². The SMILES string of the molecule is COC(=O)CNc1cc(F)ccc1[N+](=O)[O-]. The van der Waals surface area contributed by atoms with Gasteiger partial charge < -0.3 is 10.1 Å². The van der Waals surface area contributed by atoms with Crippen molar-refractivity contribution in [3.8, 4) is 0 Å². The number of ether oxygens (including phenoxy) is 1. The molecule has 1 aromatic rings. The Bertz CT molecular complexity index is 422. The van der Waals surface area contributed by atoms with Gasteiger partial charge in [0.25, 0.3) is 5.69 Å². The first-order valence-corrected chi connectivity index (χ1v) is 4.29. The van der Waals surface area contributed by atoms with Crippen molar-refractivity contribution in [3.05, 3.63) is 34.1 Å². The van der Waals surface area contributed by atoms with E-state index in [0.717, 1.165) is 18.2 Å². The third kappa shape index (κ3) is 2.91. The van der Waals surface area contributed by atoms with Crippen LogP contribution in [0, 0.1) is 15.9 Å². The summed E-state index contributed by atoms with van der Waals surface area (Å²) in [4.78, 5) is 20.7. The van der Waals surface area contributed by atoms with E-state index >= 15 is 0 Å². The molecule has 0 bridgehead atoms. The standard InChI is InChI=1S/C9H9FN2O4/c1-16-9(13)5-11-7-4-6(10)2-3-8(7)12(14)15/h2-4,11H,5H2,1H3. The zero-order valence-corrected chi connectivity index (χ0v) is 8.40. The number of carbonyl (C=O) groups excluding carboxylic acids is 1. The number of hydrogen-bond donors (Lipinski definition) is 1. The second kappa shape index (κ2) is 5.06. The highest BCUT2D eigenvalue weighted by Crippen LogP contribution is 2.24. The molecule has 0 aliphatic rings. The molecule has 0 aromatic heterocycles. The van der Waals surface area contributed by atoms with E-state index in [1.165, 1.54) is 7.11 Å². The van der Waals surface area contributed by atoms with Gasteiger partial charge in [-0.1, -0.05) is 0 Å². The number of methoxy groups -OCH3 is 1. The summed E-state index contributed by atoms with van der Waals surface area (Å²) >= 11 is 0. The molecule has 0 heterocycles. The van der Waals surface area contributed by atoms with Crippen LogP contribution in [0.2, 0.25) is 0 Å². The highest BCUT2D eigenvalue weighted by Gasteiger charge is 2.14. The van der Waals surface area contributed by atoms with E-state index in [1.807, 2.05) is 0 Å². The summed E-state index contributed by atoms with van der Waals surface area (Å²) in [5.74, 6) is -1.23. The van der Waals surface area contributed by atoms with Crippen LogP contribution in [0.1, 0.15) is 0 Å². The molecule has 1 aromatic carbocycles. The lowest BCUT2D eigenvalue weighted by Crippen LogP contribution is -2.15. The van der Waals surface area contributed by atoms with Crippen LogP contribution in [0.15, 0.2) is 18.2 Å². The third-order valence-electron chi connectivity index (χ3n) is 1.81. The number of halogens is 1. The Hall–Kier alpha value is -2.18. The Morgan fingerprint density at radius 2 is 2.31 bits per heavy atom. The minimum Gasteiger partial charge on any atom is -0.468 e. The molecule has 16 heavy (non-hydrogen) atoms. The Balaban J connectivity index is 2.88. The number of nitrogens with one attached hydrogen (secondary N) is 1. The maximum Gasteiger partial charge on any atom is 0.325 e. The molecule has 1 rings (SSSR count). The maximum atomic E-state index is 12.8. The highest BCUT2D eigenvalue weighted by atomic mass is 19.1. The Kier molecular flexibility index (Phi) is 3.76. The first-order valence-electron chi connectivity index (χ1n) is 4.29. The monoisotopic (exact) mass is 228 g/mol. The van der Waals surface area contributed by atoms with Crippen molar-refractivity contribution in [2.24, 2.45) is 0 Å². The Morgan fingerprint density at radius 3 is 2.88 bits per heavy atom. The van der Waals surface area contributed by atoms with Crippen LogP contribution >= 0.6 is 0 Å². The minimum absolute atomic E-state index is 0.0598. The lowest BCUT2D eigenvalue weighted by atomic mass is 10.2. The lowest BCUT2D eigenvalue weighted by Gasteiger charge is -2.05. The molecule has 7 heteroatoms. The van der Waals surface area contributed by atoms with Gasteiger partial charge in [-0.05, 0) is 6.07 Å². The molecule has 0 saturated carbocycles. The van der Waals surface area contributed by atoms with Crippen LogP contribution < -0.4 is 5.32 Å². The molecule has 6 nitrogen and oxygen atoms in total. The van der Waals surface area contributed by atoms with Crippen molar-refractivity contribution >= 4 is 17.3 Å². The van der Waals surface area contributed by atoms with Crippen molar-refractivity contribution in [2.45, 2.75) is 0 Å². The molecule has 0 aliphatic heterocycles. The van der Waals surface area contributed by atoms with Crippen LogP contribution in [0.25, 0.3) is 0 Å². The fourth-order valence-electron chi connectivity index (χ4n) is 1.05. The minimum atomic E-state index is -0.668. The van der Waals surface area contributed by atoms with E-state index in [4.69, 9.17) is 0 Å². The normalized spacial score (nSPS) is 9.62. The quantitative estimate of drug-likeness (QED) is 0.477. The fourth-order valence-corrected chi connectivity index (χ4v) is 1.05. The summed E-state index contributed by atoms with van der Waals surface area (Å²) in [5, 5.41) is 13.0. The largest absolute Gasteiger partial charge is 0.468 e. The van der Waals surface area contributed by atoms with E-state index in [-0.39, 0.29) is 17.9 Å². The lowest BCUT2D eigenvalue weighted by molar-refractivity contribution is -0.384. The first-order chi connectivity index (χ1) is 7.54. The van der Waals surface area contributed by atoms with E-state index in [1.54, 1.807) is 0 Å². The van der Waals surface area contributed by atoms with Gasteiger partial charge in [-0.15, -0.1) is 0 Å². The average Bonchev–Trinajstić information content (AvgIpc) is 2.25. The Morgan fingerprint density at radius 1 is 1.62 bits per heavy atom. The molecule has 86 valence electrons. The van der Waals surface area contributed by atoms with Gasteiger partial charge in [-0.25, -0.2) is 4.39 Å².